The molecular formula is C15H12N4O. The molecule has 0 N–H and O–H groups in total. The molecule has 20 heavy (non-hydrogen) atoms. The van der Waals surface area contributed by atoms with Crippen molar-refractivity contribution in [2.24, 2.45) is 0 Å². The van der Waals surface area contributed by atoms with Crippen LogP contribution in [0.25, 0.3) is 28.0 Å². The lowest BCUT2D eigenvalue weighted by atomic mass is 10.1. The summed E-state index contributed by atoms with van der Waals surface area (Å²) in [5, 5.41) is 4.58. The highest BCUT2D eigenvalue weighted by Crippen LogP contribution is 2.23. The first-order chi connectivity index (χ1) is 9.69. The Morgan fingerprint density at radius 3 is 2.85 bits per heavy atom. The summed E-state index contributed by atoms with van der Waals surface area (Å²) in [5.41, 5.74) is 5.35. The molecule has 5 nitrogen and oxygen atoms in total. The molecule has 0 aliphatic rings. The Hall–Kier alpha value is -2.69. The largest absolute Gasteiger partial charge is 0.441 e. The number of nitrogens with zero attached hydrogens (tertiary/aromatic N) is 4. The average Bonchev–Trinajstić information content (AvgIpc) is 2.97. The first-order valence-electron chi connectivity index (χ1n) is 6.40. The molecule has 0 saturated heterocycles. The highest BCUT2D eigenvalue weighted by Gasteiger charge is 2.07. The number of benzene rings is 1. The van der Waals surface area contributed by atoms with Crippen molar-refractivity contribution in [1.29, 1.82) is 0 Å². The molecule has 4 aromatic rings. The van der Waals surface area contributed by atoms with Crippen LogP contribution in [0.4, 0.5) is 0 Å². The van der Waals surface area contributed by atoms with Crippen molar-refractivity contribution in [3.8, 4) is 11.3 Å². The van der Waals surface area contributed by atoms with Gasteiger partial charge in [0.25, 0.3) is 0 Å². The molecule has 0 spiro atoms. The Morgan fingerprint density at radius 1 is 1.05 bits per heavy atom. The van der Waals surface area contributed by atoms with Gasteiger partial charge in [0.15, 0.2) is 17.1 Å². The van der Waals surface area contributed by atoms with Crippen molar-refractivity contribution >= 4 is 16.7 Å². The highest BCUT2D eigenvalue weighted by molar-refractivity contribution is 5.79. The third-order valence-electron chi connectivity index (χ3n) is 3.23. The molecule has 0 aliphatic heterocycles. The maximum atomic E-state index is 5.49. The van der Waals surface area contributed by atoms with E-state index in [2.05, 4.69) is 15.1 Å². The Kier molecular flexibility index (Phi) is 2.18. The number of aryl methyl sites for hydroxylation is 2. The maximum absolute atomic E-state index is 5.49. The van der Waals surface area contributed by atoms with Gasteiger partial charge in [-0.25, -0.2) is 14.5 Å². The van der Waals surface area contributed by atoms with Gasteiger partial charge in [0.2, 0.25) is 0 Å². The highest BCUT2D eigenvalue weighted by atomic mass is 16.3. The minimum absolute atomic E-state index is 0.672. The fraction of sp³-hybridized carbons (Fsp3) is 0.133. The number of aromatic nitrogens is 4. The third kappa shape index (κ3) is 1.67. The molecule has 98 valence electrons. The minimum Gasteiger partial charge on any atom is -0.441 e. The van der Waals surface area contributed by atoms with Crippen molar-refractivity contribution in [2.75, 3.05) is 0 Å². The van der Waals surface area contributed by atoms with E-state index >= 15 is 0 Å². The average molecular weight is 264 g/mol. The molecule has 0 saturated carbocycles. The van der Waals surface area contributed by atoms with Crippen LogP contribution < -0.4 is 0 Å². The molecule has 1 aromatic carbocycles. The Morgan fingerprint density at radius 2 is 1.95 bits per heavy atom. The quantitative estimate of drug-likeness (QED) is 0.530. The van der Waals surface area contributed by atoms with Crippen LogP contribution in [0.15, 0.2) is 40.9 Å². The van der Waals surface area contributed by atoms with Crippen LogP contribution in [0.3, 0.4) is 0 Å². The first kappa shape index (κ1) is 11.2. The number of imidazole rings is 1. The Bertz CT molecular complexity index is 858. The molecule has 0 atom stereocenters. The molecule has 0 aliphatic carbocycles. The van der Waals surface area contributed by atoms with Crippen molar-refractivity contribution in [3.63, 3.8) is 0 Å². The summed E-state index contributed by atoms with van der Waals surface area (Å²) in [7, 11) is 0. The second-order valence-electron chi connectivity index (χ2n) is 4.82. The summed E-state index contributed by atoms with van der Waals surface area (Å²) in [5.74, 6) is 0.672. The van der Waals surface area contributed by atoms with Gasteiger partial charge in [0, 0.05) is 12.5 Å². The Balaban J connectivity index is 1.90. The van der Waals surface area contributed by atoms with E-state index in [1.54, 1.807) is 4.52 Å². The summed E-state index contributed by atoms with van der Waals surface area (Å²) in [6.07, 6.45) is 1.91. The summed E-state index contributed by atoms with van der Waals surface area (Å²) < 4.78 is 7.28. The molecule has 3 aromatic heterocycles. The van der Waals surface area contributed by atoms with Gasteiger partial charge in [-0.3, -0.25) is 0 Å². The number of oxazole rings is 1. The topological polar surface area (TPSA) is 56.2 Å². The van der Waals surface area contributed by atoms with Crippen LogP contribution in [0.1, 0.15) is 11.6 Å². The van der Waals surface area contributed by atoms with E-state index in [4.69, 9.17) is 4.42 Å². The molecule has 5 heteroatoms. The zero-order chi connectivity index (χ0) is 13.7. The third-order valence-corrected chi connectivity index (χ3v) is 3.23. The van der Waals surface area contributed by atoms with Gasteiger partial charge in [-0.2, -0.15) is 5.10 Å². The van der Waals surface area contributed by atoms with Gasteiger partial charge in [-0.1, -0.05) is 0 Å². The standard InChI is InChI=1S/C15H12N4O/c1-9-8-19-15(16-9)6-4-12(18-19)11-3-5-14-13(7-11)17-10(2)20-14/h3-8H,1-2H3. The number of fused-ring (bicyclic) bond motifs is 2. The molecule has 0 fully saturated rings. The molecule has 3 heterocycles. The lowest BCUT2D eigenvalue weighted by molar-refractivity contribution is 0.561. The van der Waals surface area contributed by atoms with Crippen LogP contribution >= 0.6 is 0 Å². The smallest absolute Gasteiger partial charge is 0.192 e. The van der Waals surface area contributed by atoms with Gasteiger partial charge in [-0.15, -0.1) is 0 Å². The summed E-state index contributed by atoms with van der Waals surface area (Å²) >= 11 is 0. The molecule has 0 unspecified atom stereocenters. The second-order valence-corrected chi connectivity index (χ2v) is 4.82. The van der Waals surface area contributed by atoms with Crippen molar-refractivity contribution in [3.05, 3.63) is 48.1 Å². The molecule has 0 radical (unpaired) electrons. The zero-order valence-electron chi connectivity index (χ0n) is 11.2. The fourth-order valence-electron chi connectivity index (χ4n) is 2.36. The molecule has 0 amide bonds. The van der Waals surface area contributed by atoms with Crippen LogP contribution in [-0.2, 0) is 0 Å². The van der Waals surface area contributed by atoms with E-state index in [0.717, 1.165) is 33.7 Å². The van der Waals surface area contributed by atoms with Crippen LogP contribution in [0.5, 0.6) is 0 Å². The zero-order valence-corrected chi connectivity index (χ0v) is 11.2. The van der Waals surface area contributed by atoms with Gasteiger partial charge in [-0.05, 0) is 37.3 Å². The normalized spacial score (nSPS) is 11.5. The maximum Gasteiger partial charge on any atom is 0.192 e. The van der Waals surface area contributed by atoms with Crippen molar-refractivity contribution in [2.45, 2.75) is 13.8 Å². The monoisotopic (exact) mass is 264 g/mol. The first-order valence-corrected chi connectivity index (χ1v) is 6.40. The molecular weight excluding hydrogens is 252 g/mol. The van der Waals surface area contributed by atoms with E-state index in [0.29, 0.717) is 5.89 Å². The predicted octanol–water partition coefficient (Wildman–Crippen LogP) is 3.15. The van der Waals surface area contributed by atoms with E-state index in [9.17, 15) is 0 Å². The lowest BCUT2D eigenvalue weighted by Gasteiger charge is -2.01. The van der Waals surface area contributed by atoms with E-state index in [1.807, 2.05) is 50.4 Å². The van der Waals surface area contributed by atoms with Gasteiger partial charge >= 0.3 is 0 Å². The van der Waals surface area contributed by atoms with Crippen molar-refractivity contribution < 1.29 is 4.42 Å². The lowest BCUT2D eigenvalue weighted by Crippen LogP contribution is -1.92. The number of hydrogen-bond donors (Lipinski definition) is 0. The Labute approximate surface area is 114 Å². The van der Waals surface area contributed by atoms with Gasteiger partial charge < -0.3 is 4.42 Å². The van der Waals surface area contributed by atoms with Gasteiger partial charge in [0.05, 0.1) is 17.6 Å². The summed E-state index contributed by atoms with van der Waals surface area (Å²) in [4.78, 5) is 8.73. The molecule has 0 bridgehead atoms. The SMILES string of the molecule is Cc1cn2nc(-c3ccc4oc(C)nc4c3)ccc2n1. The minimum atomic E-state index is 0.672. The molecule has 4 rings (SSSR count). The second kappa shape index (κ2) is 3.90. The van der Waals surface area contributed by atoms with Crippen LogP contribution in [0.2, 0.25) is 0 Å². The van der Waals surface area contributed by atoms with E-state index in [1.165, 1.54) is 0 Å². The van der Waals surface area contributed by atoms with Gasteiger partial charge in [0.1, 0.15) is 5.52 Å². The number of hydrogen-bond acceptors (Lipinski definition) is 4. The summed E-state index contributed by atoms with van der Waals surface area (Å²) in [6, 6.07) is 9.84. The number of rotatable bonds is 1. The van der Waals surface area contributed by atoms with Crippen LogP contribution in [0, 0.1) is 13.8 Å². The van der Waals surface area contributed by atoms with E-state index in [-0.39, 0.29) is 0 Å². The fourth-order valence-corrected chi connectivity index (χ4v) is 2.36. The van der Waals surface area contributed by atoms with Crippen molar-refractivity contribution in [1.82, 2.24) is 19.6 Å². The van der Waals surface area contributed by atoms with E-state index < -0.39 is 0 Å². The summed E-state index contributed by atoms with van der Waals surface area (Å²) in [6.45, 7) is 3.80. The predicted molar refractivity (Wildman–Crippen MR) is 75.5 cm³/mol. The van der Waals surface area contributed by atoms with Crippen LogP contribution in [-0.4, -0.2) is 19.6 Å².